The van der Waals surface area contributed by atoms with Crippen LogP contribution in [0.2, 0.25) is 0 Å². The molecular formula is C16H18FNS. The van der Waals surface area contributed by atoms with Gasteiger partial charge in [-0.05, 0) is 44.0 Å². The van der Waals surface area contributed by atoms with Crippen molar-refractivity contribution in [3.05, 3.63) is 58.4 Å². The molecule has 0 bridgehead atoms. The number of nitrogen functional groups attached to an aromatic ring is 1. The molecule has 0 spiro atoms. The maximum Gasteiger partial charge on any atom is 0.128 e. The van der Waals surface area contributed by atoms with Gasteiger partial charge >= 0.3 is 0 Å². The van der Waals surface area contributed by atoms with Crippen LogP contribution in [0.5, 0.6) is 0 Å². The van der Waals surface area contributed by atoms with Crippen LogP contribution in [0.25, 0.3) is 0 Å². The first-order valence-corrected chi connectivity index (χ1v) is 7.20. The van der Waals surface area contributed by atoms with Gasteiger partial charge in [0.25, 0.3) is 0 Å². The molecule has 3 heteroatoms. The molecule has 0 amide bonds. The molecule has 0 aliphatic carbocycles. The van der Waals surface area contributed by atoms with E-state index in [4.69, 9.17) is 5.73 Å². The largest absolute Gasteiger partial charge is 0.398 e. The molecule has 0 aliphatic rings. The maximum atomic E-state index is 13.3. The summed E-state index contributed by atoms with van der Waals surface area (Å²) in [5.74, 6) is 0.603. The number of benzene rings is 2. The van der Waals surface area contributed by atoms with Crippen molar-refractivity contribution < 1.29 is 4.39 Å². The number of aryl methyl sites for hydroxylation is 3. The van der Waals surface area contributed by atoms with Gasteiger partial charge < -0.3 is 5.73 Å². The van der Waals surface area contributed by atoms with Crippen LogP contribution in [0.1, 0.15) is 22.3 Å². The highest BCUT2D eigenvalue weighted by atomic mass is 32.2. The van der Waals surface area contributed by atoms with Crippen LogP contribution in [0.15, 0.2) is 35.2 Å². The summed E-state index contributed by atoms with van der Waals surface area (Å²) in [5, 5.41) is 0. The third kappa shape index (κ3) is 3.51. The molecule has 0 fully saturated rings. The molecule has 0 heterocycles. The average Bonchev–Trinajstić information content (AvgIpc) is 2.31. The van der Waals surface area contributed by atoms with Crippen LogP contribution in [-0.4, -0.2) is 0 Å². The van der Waals surface area contributed by atoms with Gasteiger partial charge in [0.1, 0.15) is 5.82 Å². The molecule has 2 aromatic carbocycles. The molecule has 0 radical (unpaired) electrons. The van der Waals surface area contributed by atoms with E-state index in [1.807, 2.05) is 6.07 Å². The van der Waals surface area contributed by atoms with Crippen LogP contribution in [0.4, 0.5) is 10.1 Å². The summed E-state index contributed by atoms with van der Waals surface area (Å²) in [7, 11) is 0. The van der Waals surface area contributed by atoms with Gasteiger partial charge in [-0.3, -0.25) is 0 Å². The summed E-state index contributed by atoms with van der Waals surface area (Å²) in [4.78, 5) is 0.943. The zero-order chi connectivity index (χ0) is 14.0. The van der Waals surface area contributed by atoms with E-state index in [-0.39, 0.29) is 5.82 Å². The molecule has 0 unspecified atom stereocenters. The topological polar surface area (TPSA) is 26.0 Å². The zero-order valence-corrected chi connectivity index (χ0v) is 12.3. The average molecular weight is 275 g/mol. The minimum atomic E-state index is -0.242. The van der Waals surface area contributed by atoms with Gasteiger partial charge in [0, 0.05) is 16.3 Å². The smallest absolute Gasteiger partial charge is 0.128 e. The van der Waals surface area contributed by atoms with E-state index < -0.39 is 0 Å². The van der Waals surface area contributed by atoms with Crippen molar-refractivity contribution in [1.29, 1.82) is 0 Å². The van der Waals surface area contributed by atoms with Gasteiger partial charge in [-0.25, -0.2) is 4.39 Å². The first kappa shape index (κ1) is 13.9. The van der Waals surface area contributed by atoms with Gasteiger partial charge in [-0.15, -0.1) is 11.8 Å². The Labute approximate surface area is 118 Å². The van der Waals surface area contributed by atoms with Crippen molar-refractivity contribution in [1.82, 2.24) is 0 Å². The zero-order valence-electron chi connectivity index (χ0n) is 11.5. The molecule has 0 aliphatic heterocycles. The molecule has 19 heavy (non-hydrogen) atoms. The Hall–Kier alpha value is -1.48. The second-order valence-corrected chi connectivity index (χ2v) is 5.94. The van der Waals surface area contributed by atoms with Crippen LogP contribution < -0.4 is 5.73 Å². The van der Waals surface area contributed by atoms with E-state index in [9.17, 15) is 4.39 Å². The molecule has 0 saturated heterocycles. The highest BCUT2D eigenvalue weighted by Crippen LogP contribution is 2.30. The van der Waals surface area contributed by atoms with Gasteiger partial charge in [-0.1, -0.05) is 29.3 Å². The Morgan fingerprint density at radius 2 is 1.63 bits per heavy atom. The number of hydrogen-bond acceptors (Lipinski definition) is 2. The van der Waals surface area contributed by atoms with E-state index in [1.165, 1.54) is 22.8 Å². The van der Waals surface area contributed by atoms with E-state index in [1.54, 1.807) is 18.7 Å². The van der Waals surface area contributed by atoms with E-state index >= 15 is 0 Å². The number of hydrogen-bond donors (Lipinski definition) is 1. The second-order valence-electron chi connectivity index (χ2n) is 4.92. The minimum Gasteiger partial charge on any atom is -0.398 e. The van der Waals surface area contributed by atoms with Gasteiger partial charge in [0.05, 0.1) is 0 Å². The Balaban J connectivity index is 2.16. The molecule has 2 aromatic rings. The third-order valence-electron chi connectivity index (χ3n) is 2.97. The van der Waals surface area contributed by atoms with Crippen molar-refractivity contribution >= 4 is 17.4 Å². The lowest BCUT2D eigenvalue weighted by Crippen LogP contribution is -1.93. The Bertz CT molecular complexity index is 588. The fourth-order valence-electron chi connectivity index (χ4n) is 2.11. The van der Waals surface area contributed by atoms with Gasteiger partial charge in [0.15, 0.2) is 0 Å². The summed E-state index contributed by atoms with van der Waals surface area (Å²) in [6, 6.07) is 9.72. The molecule has 1 nitrogen and oxygen atoms in total. The van der Waals surface area contributed by atoms with Gasteiger partial charge in [0.2, 0.25) is 0 Å². The van der Waals surface area contributed by atoms with E-state index in [2.05, 4.69) is 32.0 Å². The number of anilines is 1. The van der Waals surface area contributed by atoms with E-state index in [0.29, 0.717) is 11.3 Å². The first-order valence-electron chi connectivity index (χ1n) is 6.21. The number of halogens is 1. The van der Waals surface area contributed by atoms with Crippen molar-refractivity contribution in [2.75, 3.05) is 5.73 Å². The second kappa shape index (κ2) is 5.66. The summed E-state index contributed by atoms with van der Waals surface area (Å²) in [5.41, 5.74) is 10.8. The maximum absolute atomic E-state index is 13.3. The van der Waals surface area contributed by atoms with Crippen molar-refractivity contribution in [2.45, 2.75) is 31.4 Å². The predicted octanol–water partition coefficient (Wildman–Crippen LogP) is 4.63. The summed E-state index contributed by atoms with van der Waals surface area (Å²) in [6.45, 7) is 5.95. The molecule has 2 N–H and O–H groups in total. The predicted molar refractivity (Wildman–Crippen MR) is 81.0 cm³/mol. The fourth-order valence-corrected chi connectivity index (χ4v) is 3.08. The third-order valence-corrected chi connectivity index (χ3v) is 4.11. The molecule has 2 rings (SSSR count). The Morgan fingerprint density at radius 3 is 2.26 bits per heavy atom. The summed E-state index contributed by atoms with van der Waals surface area (Å²) < 4.78 is 13.3. The molecule has 0 atom stereocenters. The molecular weight excluding hydrogens is 257 g/mol. The summed E-state index contributed by atoms with van der Waals surface area (Å²) >= 11 is 1.65. The molecule has 100 valence electrons. The number of rotatable bonds is 3. The van der Waals surface area contributed by atoms with Crippen LogP contribution in [0, 0.1) is 26.6 Å². The monoisotopic (exact) mass is 275 g/mol. The minimum absolute atomic E-state index is 0.242. The molecule has 0 aromatic heterocycles. The highest BCUT2D eigenvalue weighted by Gasteiger charge is 2.06. The molecule has 0 saturated carbocycles. The van der Waals surface area contributed by atoms with Crippen LogP contribution in [0.3, 0.4) is 0 Å². The Kier molecular flexibility index (Phi) is 4.15. The quantitative estimate of drug-likeness (QED) is 0.653. The number of thioether (sulfide) groups is 1. The van der Waals surface area contributed by atoms with Crippen molar-refractivity contribution in [3.8, 4) is 0 Å². The standard InChI is InChI=1S/C16H18FNS/c1-10-4-11(2)6-13(5-10)9-19-16-7-12(3)14(17)8-15(16)18/h4-8H,9,18H2,1-3H3. The van der Waals surface area contributed by atoms with Crippen molar-refractivity contribution in [2.24, 2.45) is 0 Å². The summed E-state index contributed by atoms with van der Waals surface area (Å²) in [6.07, 6.45) is 0. The number of nitrogens with two attached hydrogens (primary N) is 1. The Morgan fingerprint density at radius 1 is 1.00 bits per heavy atom. The lowest BCUT2D eigenvalue weighted by molar-refractivity contribution is 0.618. The highest BCUT2D eigenvalue weighted by molar-refractivity contribution is 7.98. The van der Waals surface area contributed by atoms with Crippen LogP contribution in [-0.2, 0) is 5.75 Å². The SMILES string of the molecule is Cc1cc(C)cc(CSc2cc(C)c(F)cc2N)c1. The normalized spacial score (nSPS) is 10.7. The van der Waals surface area contributed by atoms with E-state index in [0.717, 1.165) is 10.6 Å². The van der Waals surface area contributed by atoms with Gasteiger partial charge in [-0.2, -0.15) is 0 Å². The lowest BCUT2D eigenvalue weighted by Gasteiger charge is -2.09. The lowest BCUT2D eigenvalue weighted by atomic mass is 10.1. The first-order chi connectivity index (χ1) is 8.95. The van der Waals surface area contributed by atoms with Crippen molar-refractivity contribution in [3.63, 3.8) is 0 Å². The fraction of sp³-hybridized carbons (Fsp3) is 0.250. The van der Waals surface area contributed by atoms with Crippen LogP contribution >= 0.6 is 11.8 Å².